The highest BCUT2D eigenvalue weighted by Gasteiger charge is 2.64. The first-order valence-electron chi connectivity index (χ1n) is 7.26. The minimum Gasteiger partial charge on any atom is -0.481 e. The van der Waals surface area contributed by atoms with Crippen molar-refractivity contribution in [2.75, 3.05) is 6.54 Å². The molecule has 5 heteroatoms. The van der Waals surface area contributed by atoms with E-state index >= 15 is 0 Å². The molecule has 1 atom stereocenters. The number of aliphatic carboxylic acids is 1. The fourth-order valence-electron chi connectivity index (χ4n) is 2.90. The van der Waals surface area contributed by atoms with Gasteiger partial charge in [-0.05, 0) is 22.7 Å². The topological polar surface area (TPSA) is 78.4 Å². The Morgan fingerprint density at radius 2 is 1.65 bits per heavy atom. The van der Waals surface area contributed by atoms with Gasteiger partial charge in [0, 0.05) is 12.6 Å². The molecule has 5 nitrogen and oxygen atoms in total. The van der Waals surface area contributed by atoms with E-state index in [-0.39, 0.29) is 35.2 Å². The van der Waals surface area contributed by atoms with E-state index in [0.29, 0.717) is 12.5 Å². The van der Waals surface area contributed by atoms with Gasteiger partial charge in [-0.15, -0.1) is 0 Å². The molecular weight excluding hydrogens is 256 g/mol. The van der Waals surface area contributed by atoms with Crippen LogP contribution in [0, 0.1) is 22.7 Å². The highest BCUT2D eigenvalue weighted by Crippen LogP contribution is 2.67. The summed E-state index contributed by atoms with van der Waals surface area (Å²) >= 11 is 0. The van der Waals surface area contributed by atoms with Gasteiger partial charge in [0.15, 0.2) is 0 Å². The van der Waals surface area contributed by atoms with Crippen molar-refractivity contribution in [1.29, 1.82) is 0 Å². The van der Waals surface area contributed by atoms with Gasteiger partial charge >= 0.3 is 12.0 Å². The molecule has 3 N–H and O–H groups in total. The summed E-state index contributed by atoms with van der Waals surface area (Å²) in [4.78, 5) is 22.6. The Hall–Kier alpha value is -1.26. The van der Waals surface area contributed by atoms with E-state index in [0.717, 1.165) is 0 Å². The SMILES string of the molecule is CC(C)C(CC(=O)O)NC(=O)NCC1C(C)(C)C1(C)C. The average molecular weight is 284 g/mol. The summed E-state index contributed by atoms with van der Waals surface area (Å²) in [6, 6.07) is -0.615. The predicted molar refractivity (Wildman–Crippen MR) is 78.5 cm³/mol. The van der Waals surface area contributed by atoms with Crippen LogP contribution in [0.15, 0.2) is 0 Å². The van der Waals surface area contributed by atoms with Gasteiger partial charge in [0.25, 0.3) is 0 Å². The number of rotatable bonds is 6. The molecular formula is C15H28N2O3. The van der Waals surface area contributed by atoms with E-state index in [4.69, 9.17) is 5.11 Å². The van der Waals surface area contributed by atoms with E-state index in [1.807, 2.05) is 13.8 Å². The molecule has 0 saturated heterocycles. The van der Waals surface area contributed by atoms with Crippen LogP contribution in [-0.2, 0) is 4.79 Å². The Labute approximate surface area is 121 Å². The lowest BCUT2D eigenvalue weighted by Crippen LogP contribution is -2.46. The Bertz CT molecular complexity index is 375. The summed E-state index contributed by atoms with van der Waals surface area (Å²) in [5.41, 5.74) is 0.470. The van der Waals surface area contributed by atoms with Crippen molar-refractivity contribution in [1.82, 2.24) is 10.6 Å². The van der Waals surface area contributed by atoms with Crippen LogP contribution in [0.25, 0.3) is 0 Å². The third-order valence-corrected chi connectivity index (χ3v) is 5.30. The van der Waals surface area contributed by atoms with Crippen molar-refractivity contribution in [3.63, 3.8) is 0 Å². The second-order valence-corrected chi connectivity index (χ2v) is 7.30. The van der Waals surface area contributed by atoms with Crippen LogP contribution in [0.2, 0.25) is 0 Å². The zero-order valence-corrected chi connectivity index (χ0v) is 13.4. The smallest absolute Gasteiger partial charge is 0.315 e. The van der Waals surface area contributed by atoms with Gasteiger partial charge in [-0.1, -0.05) is 41.5 Å². The zero-order valence-electron chi connectivity index (χ0n) is 13.4. The quantitative estimate of drug-likeness (QED) is 0.701. The summed E-state index contributed by atoms with van der Waals surface area (Å²) < 4.78 is 0. The number of hydrogen-bond donors (Lipinski definition) is 3. The highest BCUT2D eigenvalue weighted by molar-refractivity contribution is 5.75. The van der Waals surface area contributed by atoms with E-state index < -0.39 is 5.97 Å². The average Bonchev–Trinajstić information content (AvgIpc) is 2.65. The first-order chi connectivity index (χ1) is 9.00. The lowest BCUT2D eigenvalue weighted by molar-refractivity contribution is -0.137. The van der Waals surface area contributed by atoms with Crippen LogP contribution in [-0.4, -0.2) is 29.7 Å². The molecule has 1 saturated carbocycles. The van der Waals surface area contributed by atoms with Gasteiger partial charge < -0.3 is 15.7 Å². The van der Waals surface area contributed by atoms with Gasteiger partial charge in [-0.25, -0.2) is 4.79 Å². The van der Waals surface area contributed by atoms with Crippen LogP contribution in [0.4, 0.5) is 4.79 Å². The molecule has 2 amide bonds. The van der Waals surface area contributed by atoms with Gasteiger partial charge in [-0.3, -0.25) is 4.79 Å². The maximum Gasteiger partial charge on any atom is 0.315 e. The van der Waals surface area contributed by atoms with E-state index in [2.05, 4.69) is 38.3 Å². The fourth-order valence-corrected chi connectivity index (χ4v) is 2.90. The number of nitrogens with one attached hydrogen (secondary N) is 2. The van der Waals surface area contributed by atoms with Crippen LogP contribution in [0.1, 0.15) is 48.0 Å². The Morgan fingerprint density at radius 3 is 2.00 bits per heavy atom. The first kappa shape index (κ1) is 16.8. The zero-order chi connectivity index (χ0) is 15.7. The van der Waals surface area contributed by atoms with Crippen molar-refractivity contribution in [3.05, 3.63) is 0 Å². The second-order valence-electron chi connectivity index (χ2n) is 7.30. The first-order valence-corrected chi connectivity index (χ1v) is 7.26. The van der Waals surface area contributed by atoms with Crippen LogP contribution >= 0.6 is 0 Å². The molecule has 0 spiro atoms. The minimum atomic E-state index is -0.895. The van der Waals surface area contributed by atoms with E-state index in [9.17, 15) is 9.59 Å². The molecule has 0 radical (unpaired) electrons. The van der Waals surface area contributed by atoms with Crippen molar-refractivity contribution < 1.29 is 14.7 Å². The normalized spacial score (nSPS) is 21.4. The fraction of sp³-hybridized carbons (Fsp3) is 0.867. The van der Waals surface area contributed by atoms with Crippen LogP contribution in [0.5, 0.6) is 0 Å². The molecule has 20 heavy (non-hydrogen) atoms. The maximum atomic E-state index is 11.9. The summed E-state index contributed by atoms with van der Waals surface area (Å²) in [6.45, 7) is 13.3. The predicted octanol–water partition coefficient (Wildman–Crippen LogP) is 2.47. The molecule has 0 aromatic heterocycles. The number of carboxylic acids is 1. The molecule has 1 aliphatic carbocycles. The number of urea groups is 1. The summed E-state index contributed by atoms with van der Waals surface area (Å²) in [6.07, 6.45) is -0.0501. The van der Waals surface area contributed by atoms with Gasteiger partial charge in [-0.2, -0.15) is 0 Å². The van der Waals surface area contributed by atoms with Gasteiger partial charge in [0.2, 0.25) is 0 Å². The van der Waals surface area contributed by atoms with Crippen molar-refractivity contribution >= 4 is 12.0 Å². The van der Waals surface area contributed by atoms with Gasteiger partial charge in [0.1, 0.15) is 0 Å². The monoisotopic (exact) mass is 284 g/mol. The Morgan fingerprint density at radius 1 is 1.15 bits per heavy atom. The lowest BCUT2D eigenvalue weighted by atomic mass is 10.0. The van der Waals surface area contributed by atoms with Gasteiger partial charge in [0.05, 0.1) is 6.42 Å². The molecule has 1 rings (SSSR count). The molecule has 0 heterocycles. The molecule has 1 fully saturated rings. The Balaban J connectivity index is 2.42. The number of hydrogen-bond acceptors (Lipinski definition) is 2. The Kier molecular flexibility index (Phi) is 4.72. The largest absolute Gasteiger partial charge is 0.481 e. The van der Waals surface area contributed by atoms with Crippen molar-refractivity contribution in [2.45, 2.75) is 54.0 Å². The lowest BCUT2D eigenvalue weighted by Gasteiger charge is -2.21. The molecule has 116 valence electrons. The standard InChI is InChI=1S/C15H28N2O3/c1-9(2)10(7-12(18)19)17-13(20)16-8-11-14(3,4)15(11,5)6/h9-11H,7-8H2,1-6H3,(H,18,19)(H2,16,17,20). The summed E-state index contributed by atoms with van der Waals surface area (Å²) in [5.74, 6) is -0.350. The molecule has 0 aromatic carbocycles. The van der Waals surface area contributed by atoms with Crippen LogP contribution in [0.3, 0.4) is 0 Å². The summed E-state index contributed by atoms with van der Waals surface area (Å²) in [5, 5.41) is 14.5. The molecule has 0 bridgehead atoms. The summed E-state index contributed by atoms with van der Waals surface area (Å²) in [7, 11) is 0. The number of carboxylic acid groups (broad SMARTS) is 1. The van der Waals surface area contributed by atoms with Crippen molar-refractivity contribution in [2.24, 2.45) is 22.7 Å². The highest BCUT2D eigenvalue weighted by atomic mass is 16.4. The van der Waals surface area contributed by atoms with Crippen molar-refractivity contribution in [3.8, 4) is 0 Å². The van der Waals surface area contributed by atoms with Crippen LogP contribution < -0.4 is 10.6 Å². The van der Waals surface area contributed by atoms with E-state index in [1.165, 1.54) is 0 Å². The number of carbonyl (C=O) groups is 2. The van der Waals surface area contributed by atoms with E-state index in [1.54, 1.807) is 0 Å². The number of carbonyl (C=O) groups excluding carboxylic acids is 1. The second kappa shape index (κ2) is 5.62. The number of amides is 2. The minimum absolute atomic E-state index is 0.0501. The molecule has 1 unspecified atom stereocenters. The third-order valence-electron chi connectivity index (χ3n) is 5.30. The third kappa shape index (κ3) is 3.44. The molecule has 1 aliphatic rings. The molecule has 0 aromatic rings. The molecule has 0 aliphatic heterocycles. The maximum absolute atomic E-state index is 11.9.